The number of carbonyl (C=O) groups excluding carboxylic acids is 1. The van der Waals surface area contributed by atoms with E-state index in [1.807, 2.05) is 5.43 Å². The summed E-state index contributed by atoms with van der Waals surface area (Å²) in [4.78, 5) is 10.4. The third-order valence-electron chi connectivity index (χ3n) is 1.50. The number of alkyl halides is 3. The molecule has 3 nitrogen and oxygen atoms in total. The number of hydrogen-bond acceptors (Lipinski definition) is 2. The summed E-state index contributed by atoms with van der Waals surface area (Å²) in [5.41, 5.74) is 3.61. The molecule has 16 heavy (non-hydrogen) atoms. The largest absolute Gasteiger partial charge is 0.472 e. The van der Waals surface area contributed by atoms with Gasteiger partial charge in [-0.25, -0.2) is 0 Å². The monoisotopic (exact) mass is 272 g/mol. The topological polar surface area (TPSA) is 41.1 Å². The Labute approximate surface area is 98.5 Å². The van der Waals surface area contributed by atoms with Gasteiger partial charge in [0.25, 0.3) is 0 Å². The van der Waals surface area contributed by atoms with Crippen LogP contribution in [0.15, 0.2) is 18.2 Å². The van der Waals surface area contributed by atoms with Gasteiger partial charge < -0.3 is 0 Å². The molecule has 0 saturated carbocycles. The van der Waals surface area contributed by atoms with Crippen molar-refractivity contribution >= 4 is 34.8 Å². The summed E-state index contributed by atoms with van der Waals surface area (Å²) in [6.07, 6.45) is -4.95. The van der Waals surface area contributed by atoms with Gasteiger partial charge in [0.05, 0.1) is 10.7 Å². The Hall–Kier alpha value is -1.14. The summed E-state index contributed by atoms with van der Waals surface area (Å²) in [6.45, 7) is 0. The fourth-order valence-corrected chi connectivity index (χ4v) is 1.24. The van der Waals surface area contributed by atoms with Gasteiger partial charge in [-0.05, 0) is 18.2 Å². The number of rotatable bonds is 2. The second-order valence-corrected chi connectivity index (χ2v) is 3.54. The second-order valence-electron chi connectivity index (χ2n) is 2.70. The van der Waals surface area contributed by atoms with E-state index in [1.165, 1.54) is 23.6 Å². The third kappa shape index (κ3) is 3.46. The number of anilines is 1. The van der Waals surface area contributed by atoms with Crippen LogP contribution in [0.25, 0.3) is 0 Å². The van der Waals surface area contributed by atoms with Gasteiger partial charge >= 0.3 is 12.1 Å². The van der Waals surface area contributed by atoms with Gasteiger partial charge in [0.15, 0.2) is 0 Å². The van der Waals surface area contributed by atoms with E-state index in [0.717, 1.165) is 0 Å². The summed E-state index contributed by atoms with van der Waals surface area (Å²) in [7, 11) is 0. The maximum absolute atomic E-state index is 11.8. The molecule has 1 rings (SSSR count). The minimum Gasteiger partial charge on any atom is -0.297 e. The fourth-order valence-electron chi connectivity index (χ4n) is 0.786. The Kier molecular flexibility index (Phi) is 3.88. The van der Waals surface area contributed by atoms with Crippen molar-refractivity contribution in [2.75, 3.05) is 5.43 Å². The van der Waals surface area contributed by atoms with Crippen LogP contribution in [0.4, 0.5) is 18.9 Å². The lowest BCUT2D eigenvalue weighted by atomic mass is 10.3. The van der Waals surface area contributed by atoms with E-state index in [-0.39, 0.29) is 10.7 Å². The molecule has 8 heteroatoms. The lowest BCUT2D eigenvalue weighted by Gasteiger charge is -2.11. The summed E-state index contributed by atoms with van der Waals surface area (Å²) in [5, 5.41) is 0.424. The van der Waals surface area contributed by atoms with Gasteiger partial charge in [-0.15, -0.1) is 0 Å². The van der Waals surface area contributed by atoms with Gasteiger partial charge in [0, 0.05) is 5.02 Å². The number of benzene rings is 1. The van der Waals surface area contributed by atoms with Crippen molar-refractivity contribution in [3.8, 4) is 0 Å². The third-order valence-corrected chi connectivity index (χ3v) is 2.05. The molecule has 1 amide bonds. The highest BCUT2D eigenvalue weighted by Crippen LogP contribution is 2.24. The van der Waals surface area contributed by atoms with E-state index in [1.54, 1.807) is 0 Å². The molecule has 0 spiro atoms. The van der Waals surface area contributed by atoms with Crippen LogP contribution in [0, 0.1) is 0 Å². The summed E-state index contributed by atoms with van der Waals surface area (Å²) < 4.78 is 35.4. The van der Waals surface area contributed by atoms with E-state index in [2.05, 4.69) is 0 Å². The van der Waals surface area contributed by atoms with Crippen molar-refractivity contribution in [3.63, 3.8) is 0 Å². The van der Waals surface area contributed by atoms with E-state index < -0.39 is 12.1 Å². The van der Waals surface area contributed by atoms with Crippen LogP contribution in [-0.4, -0.2) is 12.1 Å². The van der Waals surface area contributed by atoms with Crippen molar-refractivity contribution in [3.05, 3.63) is 28.2 Å². The lowest BCUT2D eigenvalue weighted by molar-refractivity contribution is -0.173. The van der Waals surface area contributed by atoms with Crippen LogP contribution in [0.1, 0.15) is 0 Å². The minimum atomic E-state index is -4.95. The average molecular weight is 273 g/mol. The van der Waals surface area contributed by atoms with Crippen LogP contribution in [0.3, 0.4) is 0 Å². The first-order chi connectivity index (χ1) is 7.30. The highest BCUT2D eigenvalue weighted by atomic mass is 35.5. The molecule has 0 heterocycles. The predicted octanol–water partition coefficient (Wildman–Crippen LogP) is 3.00. The van der Waals surface area contributed by atoms with Crippen LogP contribution in [0.5, 0.6) is 0 Å². The van der Waals surface area contributed by atoms with Crippen molar-refractivity contribution < 1.29 is 18.0 Å². The molecule has 0 aliphatic heterocycles. The quantitative estimate of drug-likeness (QED) is 0.813. The van der Waals surface area contributed by atoms with E-state index in [4.69, 9.17) is 23.2 Å². The van der Waals surface area contributed by atoms with Crippen LogP contribution >= 0.6 is 23.2 Å². The molecule has 0 unspecified atom stereocenters. The van der Waals surface area contributed by atoms with Gasteiger partial charge in [-0.3, -0.25) is 15.6 Å². The van der Waals surface area contributed by atoms with Gasteiger partial charge in [-0.2, -0.15) is 13.2 Å². The molecule has 88 valence electrons. The maximum atomic E-state index is 11.8. The Balaban J connectivity index is 2.65. The number of hydrogen-bond donors (Lipinski definition) is 2. The van der Waals surface area contributed by atoms with Crippen molar-refractivity contribution in [1.82, 2.24) is 5.43 Å². The summed E-state index contributed by atoms with van der Waals surface area (Å²) >= 11 is 11.2. The molecule has 2 N–H and O–H groups in total. The molecule has 0 aliphatic carbocycles. The minimum absolute atomic E-state index is 0.0926. The van der Waals surface area contributed by atoms with Gasteiger partial charge in [0.1, 0.15) is 0 Å². The second kappa shape index (κ2) is 4.80. The number of hydrazine groups is 1. The Morgan fingerprint density at radius 1 is 1.25 bits per heavy atom. The molecule has 1 aromatic carbocycles. The number of nitrogens with one attached hydrogen (secondary N) is 2. The smallest absolute Gasteiger partial charge is 0.297 e. The molecule has 1 aromatic rings. The predicted molar refractivity (Wildman–Crippen MR) is 54.3 cm³/mol. The Morgan fingerprint density at radius 3 is 2.38 bits per heavy atom. The summed E-state index contributed by atoms with van der Waals surface area (Å²) in [6, 6.07) is 4.07. The molecule has 0 bridgehead atoms. The van der Waals surface area contributed by atoms with E-state index in [9.17, 15) is 18.0 Å². The zero-order valence-electron chi connectivity index (χ0n) is 7.53. The van der Waals surface area contributed by atoms with Crippen molar-refractivity contribution in [2.24, 2.45) is 0 Å². The van der Waals surface area contributed by atoms with E-state index >= 15 is 0 Å². The Bertz CT molecular complexity index is 409. The zero-order chi connectivity index (χ0) is 12.3. The molecular formula is C8H5Cl2F3N2O. The molecule has 0 saturated heterocycles. The molecule has 0 radical (unpaired) electrons. The SMILES string of the molecule is O=C(NNc1ccc(Cl)cc1Cl)C(F)(F)F. The molecule has 0 atom stereocenters. The number of amides is 1. The maximum Gasteiger partial charge on any atom is 0.472 e. The zero-order valence-corrected chi connectivity index (χ0v) is 9.04. The molecule has 0 fully saturated rings. The first-order valence-electron chi connectivity index (χ1n) is 3.89. The lowest BCUT2D eigenvalue weighted by Crippen LogP contribution is -2.40. The van der Waals surface area contributed by atoms with Gasteiger partial charge in [0.2, 0.25) is 0 Å². The normalized spacial score (nSPS) is 11.1. The van der Waals surface area contributed by atoms with Crippen LogP contribution in [0.2, 0.25) is 10.0 Å². The fraction of sp³-hybridized carbons (Fsp3) is 0.125. The standard InChI is InChI=1S/C8H5Cl2F3N2O/c9-4-1-2-6(5(10)3-4)14-15-7(16)8(11,12)13/h1-3,14H,(H,15,16). The van der Waals surface area contributed by atoms with Gasteiger partial charge in [-0.1, -0.05) is 23.2 Å². The number of halogens is 5. The van der Waals surface area contributed by atoms with Crippen LogP contribution < -0.4 is 10.9 Å². The first kappa shape index (κ1) is 12.9. The summed E-state index contributed by atoms with van der Waals surface area (Å²) in [5.74, 6) is -2.11. The molecular weight excluding hydrogens is 268 g/mol. The Morgan fingerprint density at radius 2 is 1.88 bits per heavy atom. The molecule has 0 aromatic heterocycles. The highest BCUT2D eigenvalue weighted by Gasteiger charge is 2.38. The first-order valence-corrected chi connectivity index (χ1v) is 4.64. The van der Waals surface area contributed by atoms with Crippen LogP contribution in [-0.2, 0) is 4.79 Å². The van der Waals surface area contributed by atoms with Crippen molar-refractivity contribution in [2.45, 2.75) is 6.18 Å². The highest BCUT2D eigenvalue weighted by molar-refractivity contribution is 6.36. The number of carbonyl (C=O) groups is 1. The average Bonchev–Trinajstić information content (AvgIpc) is 2.14. The van der Waals surface area contributed by atoms with E-state index in [0.29, 0.717) is 5.02 Å². The molecule has 0 aliphatic rings. The van der Waals surface area contributed by atoms with Crippen molar-refractivity contribution in [1.29, 1.82) is 0 Å².